The Morgan fingerprint density at radius 3 is 2.84 bits per heavy atom. The molecular weight excluding hydrogens is 336 g/mol. The Balaban J connectivity index is 0.00000225. The zero-order chi connectivity index (χ0) is 16.8. The van der Waals surface area contributed by atoms with Gasteiger partial charge in [0.15, 0.2) is 0 Å². The van der Waals surface area contributed by atoms with Crippen molar-refractivity contribution < 1.29 is 9.53 Å². The molecule has 2 aromatic carbocycles. The van der Waals surface area contributed by atoms with Crippen LogP contribution in [-0.2, 0) is 6.61 Å². The first-order valence-corrected chi connectivity index (χ1v) is 8.51. The average molecular weight is 361 g/mol. The molecule has 0 radical (unpaired) electrons. The summed E-state index contributed by atoms with van der Waals surface area (Å²) < 4.78 is 5.84. The second-order valence-corrected chi connectivity index (χ2v) is 6.32. The number of rotatable bonds is 5. The highest BCUT2D eigenvalue weighted by molar-refractivity contribution is 5.94. The molecule has 1 amide bonds. The number of halogens is 1. The lowest BCUT2D eigenvalue weighted by Crippen LogP contribution is -2.45. The predicted molar refractivity (Wildman–Crippen MR) is 103 cm³/mol. The number of amides is 1. The molecule has 2 aromatic rings. The second kappa shape index (κ2) is 9.44. The molecule has 25 heavy (non-hydrogen) atoms. The summed E-state index contributed by atoms with van der Waals surface area (Å²) in [6.45, 7) is 4.44. The number of hydrogen-bond acceptors (Lipinski definition) is 3. The summed E-state index contributed by atoms with van der Waals surface area (Å²) in [5.74, 6) is 0.677. The number of ether oxygens (including phenoxy) is 1. The number of hydrogen-bond donors (Lipinski definition) is 2. The molecule has 1 fully saturated rings. The Morgan fingerprint density at radius 1 is 1.24 bits per heavy atom. The maximum Gasteiger partial charge on any atom is 0.251 e. The minimum atomic E-state index is -0.0373. The summed E-state index contributed by atoms with van der Waals surface area (Å²) in [7, 11) is 0. The van der Waals surface area contributed by atoms with E-state index >= 15 is 0 Å². The van der Waals surface area contributed by atoms with Crippen LogP contribution in [-0.4, -0.2) is 25.0 Å². The Bertz CT molecular complexity index is 700. The molecule has 0 unspecified atom stereocenters. The van der Waals surface area contributed by atoms with Crippen molar-refractivity contribution >= 4 is 18.3 Å². The van der Waals surface area contributed by atoms with Gasteiger partial charge < -0.3 is 15.4 Å². The molecule has 1 heterocycles. The molecule has 0 aliphatic carbocycles. The monoisotopic (exact) mass is 360 g/mol. The fourth-order valence-electron chi connectivity index (χ4n) is 2.94. The Labute approximate surface area is 155 Å². The molecule has 0 spiro atoms. The molecular formula is C20H25ClN2O2. The quantitative estimate of drug-likeness (QED) is 0.858. The van der Waals surface area contributed by atoms with Crippen molar-refractivity contribution in [2.75, 3.05) is 13.1 Å². The molecule has 2 N–H and O–H groups in total. The number of aryl methyl sites for hydroxylation is 1. The van der Waals surface area contributed by atoms with Crippen molar-refractivity contribution in [3.05, 3.63) is 65.2 Å². The van der Waals surface area contributed by atoms with Crippen LogP contribution < -0.4 is 15.4 Å². The van der Waals surface area contributed by atoms with Gasteiger partial charge in [0.1, 0.15) is 12.4 Å². The molecule has 0 bridgehead atoms. The molecule has 1 atom stereocenters. The maximum absolute atomic E-state index is 12.4. The standard InChI is InChI=1S/C20H24N2O2.ClH/c1-15-5-2-6-16(11-15)14-24-19-9-3-7-17(12-19)20(23)22-18-8-4-10-21-13-18;/h2-3,5-7,9,11-12,18,21H,4,8,10,13-14H2,1H3,(H,22,23);1H/t18-;/m0./s1. The summed E-state index contributed by atoms with van der Waals surface area (Å²) in [6, 6.07) is 15.8. The van der Waals surface area contributed by atoms with Gasteiger partial charge in [-0.15, -0.1) is 12.4 Å². The largest absolute Gasteiger partial charge is 0.489 e. The fourth-order valence-corrected chi connectivity index (χ4v) is 2.94. The Hall–Kier alpha value is -2.04. The van der Waals surface area contributed by atoms with Gasteiger partial charge in [0.25, 0.3) is 5.91 Å². The van der Waals surface area contributed by atoms with Crippen molar-refractivity contribution in [2.45, 2.75) is 32.4 Å². The molecule has 1 aliphatic rings. The summed E-state index contributed by atoms with van der Waals surface area (Å²) in [6.07, 6.45) is 2.13. The van der Waals surface area contributed by atoms with Gasteiger partial charge in [-0.2, -0.15) is 0 Å². The van der Waals surface area contributed by atoms with Crippen LogP contribution in [0.3, 0.4) is 0 Å². The summed E-state index contributed by atoms with van der Waals surface area (Å²) in [5.41, 5.74) is 2.98. The Kier molecular flexibility index (Phi) is 7.29. The van der Waals surface area contributed by atoms with E-state index in [1.54, 1.807) is 6.07 Å². The highest BCUT2D eigenvalue weighted by atomic mass is 35.5. The number of carbonyl (C=O) groups is 1. The van der Waals surface area contributed by atoms with Crippen LogP contribution >= 0.6 is 12.4 Å². The van der Waals surface area contributed by atoms with Crippen LogP contribution in [0.25, 0.3) is 0 Å². The minimum absolute atomic E-state index is 0. The van der Waals surface area contributed by atoms with Crippen LogP contribution in [0.4, 0.5) is 0 Å². The van der Waals surface area contributed by atoms with E-state index in [1.165, 1.54) is 5.56 Å². The topological polar surface area (TPSA) is 50.4 Å². The van der Waals surface area contributed by atoms with E-state index < -0.39 is 0 Å². The number of benzene rings is 2. The van der Waals surface area contributed by atoms with E-state index in [2.05, 4.69) is 29.7 Å². The average Bonchev–Trinajstić information content (AvgIpc) is 2.61. The zero-order valence-electron chi connectivity index (χ0n) is 14.5. The van der Waals surface area contributed by atoms with Crippen LogP contribution in [0.2, 0.25) is 0 Å². The first kappa shape index (κ1) is 19.3. The predicted octanol–water partition coefficient (Wildman–Crippen LogP) is 3.48. The van der Waals surface area contributed by atoms with Crippen LogP contribution in [0.1, 0.15) is 34.3 Å². The van der Waals surface area contributed by atoms with Crippen molar-refractivity contribution in [1.82, 2.24) is 10.6 Å². The molecule has 1 saturated heterocycles. The molecule has 4 nitrogen and oxygen atoms in total. The molecule has 5 heteroatoms. The van der Waals surface area contributed by atoms with E-state index in [9.17, 15) is 4.79 Å². The van der Waals surface area contributed by atoms with Crippen LogP contribution in [0.5, 0.6) is 5.75 Å². The first-order valence-electron chi connectivity index (χ1n) is 8.51. The molecule has 3 rings (SSSR count). The van der Waals surface area contributed by atoms with E-state index in [-0.39, 0.29) is 24.4 Å². The lowest BCUT2D eigenvalue weighted by atomic mass is 10.1. The third-order valence-electron chi connectivity index (χ3n) is 4.22. The van der Waals surface area contributed by atoms with Crippen LogP contribution in [0.15, 0.2) is 48.5 Å². The van der Waals surface area contributed by atoms with Gasteiger partial charge >= 0.3 is 0 Å². The van der Waals surface area contributed by atoms with Crippen molar-refractivity contribution in [1.29, 1.82) is 0 Å². The van der Waals surface area contributed by atoms with Gasteiger partial charge in [-0.3, -0.25) is 4.79 Å². The van der Waals surface area contributed by atoms with Gasteiger partial charge in [-0.1, -0.05) is 35.9 Å². The molecule has 1 aliphatic heterocycles. The van der Waals surface area contributed by atoms with Crippen LogP contribution in [0, 0.1) is 6.92 Å². The third kappa shape index (κ3) is 5.76. The first-order chi connectivity index (χ1) is 11.7. The second-order valence-electron chi connectivity index (χ2n) is 6.32. The van der Waals surface area contributed by atoms with E-state index in [1.807, 2.05) is 30.3 Å². The highest BCUT2D eigenvalue weighted by Gasteiger charge is 2.16. The zero-order valence-corrected chi connectivity index (χ0v) is 15.3. The number of carbonyl (C=O) groups excluding carboxylic acids is 1. The smallest absolute Gasteiger partial charge is 0.251 e. The summed E-state index contributed by atoms with van der Waals surface area (Å²) >= 11 is 0. The van der Waals surface area contributed by atoms with Crippen molar-refractivity contribution in [3.63, 3.8) is 0 Å². The lowest BCUT2D eigenvalue weighted by molar-refractivity contribution is 0.0930. The lowest BCUT2D eigenvalue weighted by Gasteiger charge is -2.23. The summed E-state index contributed by atoms with van der Waals surface area (Å²) in [4.78, 5) is 12.4. The van der Waals surface area contributed by atoms with Gasteiger partial charge in [-0.25, -0.2) is 0 Å². The fraction of sp³-hybridized carbons (Fsp3) is 0.350. The summed E-state index contributed by atoms with van der Waals surface area (Å²) in [5, 5.41) is 6.39. The SMILES string of the molecule is Cc1cccc(COc2cccc(C(=O)N[C@H]3CCCNC3)c2)c1.Cl. The minimum Gasteiger partial charge on any atom is -0.489 e. The van der Waals surface area contributed by atoms with Gasteiger partial charge in [-0.05, 0) is 50.1 Å². The van der Waals surface area contributed by atoms with E-state index in [0.717, 1.165) is 31.5 Å². The van der Waals surface area contributed by atoms with Gasteiger partial charge in [0.2, 0.25) is 0 Å². The number of piperidine rings is 1. The Morgan fingerprint density at radius 2 is 2.08 bits per heavy atom. The van der Waals surface area contributed by atoms with E-state index in [4.69, 9.17) is 4.74 Å². The molecule has 0 aromatic heterocycles. The third-order valence-corrected chi connectivity index (χ3v) is 4.22. The van der Waals surface area contributed by atoms with Gasteiger partial charge in [0.05, 0.1) is 0 Å². The molecule has 0 saturated carbocycles. The maximum atomic E-state index is 12.4. The van der Waals surface area contributed by atoms with Gasteiger partial charge in [0, 0.05) is 18.2 Å². The van der Waals surface area contributed by atoms with Crippen molar-refractivity contribution in [2.24, 2.45) is 0 Å². The number of nitrogens with one attached hydrogen (secondary N) is 2. The van der Waals surface area contributed by atoms with Crippen molar-refractivity contribution in [3.8, 4) is 5.75 Å². The normalized spacial score (nSPS) is 16.6. The highest BCUT2D eigenvalue weighted by Crippen LogP contribution is 2.16. The van der Waals surface area contributed by atoms with E-state index in [0.29, 0.717) is 17.9 Å². The molecule has 134 valence electrons.